The van der Waals surface area contributed by atoms with E-state index >= 15 is 0 Å². The van der Waals surface area contributed by atoms with E-state index < -0.39 is 17.9 Å². The Morgan fingerprint density at radius 2 is 1.57 bits per heavy atom. The van der Waals surface area contributed by atoms with Crippen LogP contribution in [-0.4, -0.2) is 28.1 Å². The van der Waals surface area contributed by atoms with Gasteiger partial charge in [0, 0.05) is 0 Å². The van der Waals surface area contributed by atoms with Gasteiger partial charge in [-0.2, -0.15) is 13.2 Å². The zero-order chi connectivity index (χ0) is 20.5. The van der Waals surface area contributed by atoms with E-state index in [9.17, 15) is 23.4 Å². The minimum absolute atomic E-state index is 0.0207. The highest BCUT2D eigenvalue weighted by Crippen LogP contribution is 2.68. The Morgan fingerprint density at radius 3 is 2.25 bits per heavy atom. The van der Waals surface area contributed by atoms with Gasteiger partial charge in [0.05, 0.1) is 5.60 Å². The van der Waals surface area contributed by atoms with Crippen molar-refractivity contribution in [2.45, 2.75) is 103 Å². The van der Waals surface area contributed by atoms with Crippen LogP contribution in [0.25, 0.3) is 0 Å². The van der Waals surface area contributed by atoms with Crippen LogP contribution in [0.15, 0.2) is 0 Å². The number of hydrogen-bond donors (Lipinski definition) is 2. The van der Waals surface area contributed by atoms with Crippen molar-refractivity contribution in [1.82, 2.24) is 0 Å². The van der Waals surface area contributed by atoms with Crippen LogP contribution in [0.3, 0.4) is 0 Å². The lowest BCUT2D eigenvalue weighted by atomic mass is 9.44. The summed E-state index contributed by atoms with van der Waals surface area (Å²) < 4.78 is 38.8. The van der Waals surface area contributed by atoms with Crippen molar-refractivity contribution in [3.8, 4) is 0 Å². The van der Waals surface area contributed by atoms with Crippen molar-refractivity contribution in [2.24, 2.45) is 40.4 Å². The summed E-state index contributed by atoms with van der Waals surface area (Å²) in [4.78, 5) is 0. The smallest absolute Gasteiger partial charge is 0.390 e. The molecule has 0 bridgehead atoms. The number of rotatable bonds is 2. The Bertz CT molecular complexity index is 603. The molecule has 0 aromatic carbocycles. The number of fused-ring (bicyclic) bond motifs is 5. The first-order valence-corrected chi connectivity index (χ1v) is 11.3. The average molecular weight is 403 g/mol. The van der Waals surface area contributed by atoms with Gasteiger partial charge < -0.3 is 10.2 Å². The first kappa shape index (κ1) is 21.0. The van der Waals surface area contributed by atoms with Gasteiger partial charge in [-0.05, 0) is 112 Å². The SMILES string of the molecule is CC12CCC3C(CC[C@@H]4C[C@@](C)(O)CC[C@]34C)C1CC[C@@H]2CC(O)C(F)(F)F. The third-order valence-corrected chi connectivity index (χ3v) is 10.0. The number of alkyl halides is 3. The normalized spacial score (nSPS) is 52.5. The first-order chi connectivity index (χ1) is 12.9. The molecule has 0 radical (unpaired) electrons. The number of halogens is 3. The predicted octanol–water partition coefficient (Wildman–Crippen LogP) is 5.71. The maximum absolute atomic E-state index is 12.9. The molecule has 0 saturated heterocycles. The van der Waals surface area contributed by atoms with Crippen LogP contribution in [-0.2, 0) is 0 Å². The van der Waals surface area contributed by atoms with Crippen LogP contribution < -0.4 is 0 Å². The van der Waals surface area contributed by atoms with Crippen molar-refractivity contribution in [1.29, 1.82) is 0 Å². The molecule has 4 aliphatic carbocycles. The van der Waals surface area contributed by atoms with Crippen LogP contribution in [0.1, 0.15) is 85.0 Å². The van der Waals surface area contributed by atoms with Crippen LogP contribution >= 0.6 is 0 Å². The topological polar surface area (TPSA) is 40.5 Å². The predicted molar refractivity (Wildman–Crippen MR) is 103 cm³/mol. The molecule has 162 valence electrons. The Balaban J connectivity index is 1.52. The van der Waals surface area contributed by atoms with E-state index in [1.807, 2.05) is 6.92 Å². The highest BCUT2D eigenvalue weighted by atomic mass is 19.4. The zero-order valence-electron chi connectivity index (χ0n) is 17.6. The van der Waals surface area contributed by atoms with Crippen molar-refractivity contribution in [3.63, 3.8) is 0 Å². The fourth-order valence-corrected chi connectivity index (χ4v) is 8.33. The van der Waals surface area contributed by atoms with Gasteiger partial charge in [-0.3, -0.25) is 0 Å². The van der Waals surface area contributed by atoms with Gasteiger partial charge in [0.25, 0.3) is 0 Å². The Hall–Kier alpha value is -0.290. The van der Waals surface area contributed by atoms with Gasteiger partial charge >= 0.3 is 6.18 Å². The molecule has 28 heavy (non-hydrogen) atoms. The molecule has 0 aromatic rings. The number of hydrogen-bond acceptors (Lipinski definition) is 2. The minimum atomic E-state index is -4.50. The third kappa shape index (κ3) is 3.23. The molecule has 0 amide bonds. The van der Waals surface area contributed by atoms with E-state index in [2.05, 4.69) is 13.8 Å². The summed E-state index contributed by atoms with van der Waals surface area (Å²) in [5.74, 6) is 2.30. The molecule has 5 unspecified atom stereocenters. The molecular formula is C23H37F3O2. The van der Waals surface area contributed by atoms with E-state index in [0.29, 0.717) is 23.7 Å². The second-order valence-electron chi connectivity index (χ2n) is 11.5. The third-order valence-electron chi connectivity index (χ3n) is 10.0. The summed E-state index contributed by atoms with van der Waals surface area (Å²) in [6, 6.07) is 0. The summed E-state index contributed by atoms with van der Waals surface area (Å²) in [7, 11) is 0. The summed E-state index contributed by atoms with van der Waals surface area (Å²) in [5.41, 5.74) is -0.320. The maximum atomic E-state index is 12.9. The lowest BCUT2D eigenvalue weighted by molar-refractivity contribution is -0.212. The molecule has 0 aromatic heterocycles. The van der Waals surface area contributed by atoms with Gasteiger partial charge in [-0.15, -0.1) is 0 Å². The number of aliphatic hydroxyl groups is 2. The van der Waals surface area contributed by atoms with Crippen molar-refractivity contribution in [3.05, 3.63) is 0 Å². The summed E-state index contributed by atoms with van der Waals surface area (Å²) in [6.45, 7) is 6.63. The Morgan fingerprint density at radius 1 is 0.893 bits per heavy atom. The van der Waals surface area contributed by atoms with Gasteiger partial charge in [-0.1, -0.05) is 13.8 Å². The Labute approximate surface area is 167 Å². The average Bonchev–Trinajstić information content (AvgIpc) is 2.91. The molecule has 0 heterocycles. The van der Waals surface area contributed by atoms with Crippen molar-refractivity contribution < 1.29 is 23.4 Å². The molecule has 4 aliphatic rings. The monoisotopic (exact) mass is 402 g/mol. The van der Waals surface area contributed by atoms with Crippen LogP contribution in [0.4, 0.5) is 13.2 Å². The lowest BCUT2D eigenvalue weighted by Gasteiger charge is -2.62. The molecule has 0 aliphatic heterocycles. The second kappa shape index (κ2) is 6.60. The van der Waals surface area contributed by atoms with E-state index in [1.54, 1.807) is 0 Å². The summed E-state index contributed by atoms with van der Waals surface area (Å²) in [5, 5.41) is 20.3. The fraction of sp³-hybridized carbons (Fsp3) is 1.00. The van der Waals surface area contributed by atoms with Crippen LogP contribution in [0.2, 0.25) is 0 Å². The molecular weight excluding hydrogens is 365 g/mol. The molecule has 5 heteroatoms. The molecule has 4 saturated carbocycles. The largest absolute Gasteiger partial charge is 0.414 e. The van der Waals surface area contributed by atoms with E-state index in [-0.39, 0.29) is 23.2 Å². The first-order valence-electron chi connectivity index (χ1n) is 11.3. The lowest BCUT2D eigenvalue weighted by Crippen LogP contribution is -2.55. The van der Waals surface area contributed by atoms with E-state index in [0.717, 1.165) is 57.8 Å². The minimum Gasteiger partial charge on any atom is -0.390 e. The number of aliphatic hydroxyl groups excluding tert-OH is 1. The molecule has 4 fully saturated rings. The quantitative estimate of drug-likeness (QED) is 0.621. The Kier molecular flexibility index (Phi) is 4.94. The zero-order valence-corrected chi connectivity index (χ0v) is 17.6. The van der Waals surface area contributed by atoms with Gasteiger partial charge in [0.1, 0.15) is 6.10 Å². The molecule has 2 nitrogen and oxygen atoms in total. The van der Waals surface area contributed by atoms with E-state index in [1.165, 1.54) is 0 Å². The fourth-order valence-electron chi connectivity index (χ4n) is 8.33. The van der Waals surface area contributed by atoms with Crippen LogP contribution in [0, 0.1) is 40.4 Å². The van der Waals surface area contributed by atoms with Crippen molar-refractivity contribution in [2.75, 3.05) is 0 Å². The van der Waals surface area contributed by atoms with Gasteiger partial charge in [-0.25, -0.2) is 0 Å². The van der Waals surface area contributed by atoms with Gasteiger partial charge in [0.15, 0.2) is 0 Å². The van der Waals surface area contributed by atoms with Crippen molar-refractivity contribution >= 4 is 0 Å². The molecule has 9 atom stereocenters. The van der Waals surface area contributed by atoms with Crippen LogP contribution in [0.5, 0.6) is 0 Å². The summed E-state index contributed by atoms with van der Waals surface area (Å²) in [6.07, 6.45) is 2.28. The highest BCUT2D eigenvalue weighted by molar-refractivity contribution is 5.10. The summed E-state index contributed by atoms with van der Waals surface area (Å²) >= 11 is 0. The van der Waals surface area contributed by atoms with Gasteiger partial charge in [0.2, 0.25) is 0 Å². The molecule has 4 rings (SSSR count). The highest BCUT2D eigenvalue weighted by Gasteiger charge is 2.61. The standard InChI is InChI=1S/C23H37F3O2/c1-20(28)10-11-22(3)15(13-20)4-6-16-17-7-5-14(12-19(27)23(24,25)26)21(17,2)9-8-18(16)22/h14-19,27-28H,4-13H2,1-3H3/t14-,15-,16?,17?,18?,19?,20+,21?,22+/m1/s1. The van der Waals surface area contributed by atoms with E-state index in [4.69, 9.17) is 0 Å². The maximum Gasteiger partial charge on any atom is 0.414 e. The molecule has 0 spiro atoms. The second-order valence-corrected chi connectivity index (χ2v) is 11.5. The molecule has 2 N–H and O–H groups in total.